The van der Waals surface area contributed by atoms with Crippen LogP contribution < -0.4 is 5.73 Å². The Balaban J connectivity index is 1.89. The van der Waals surface area contributed by atoms with Crippen LogP contribution in [0.2, 0.25) is 0 Å². The number of nitrogens with zero attached hydrogens (tertiary/aromatic N) is 2. The van der Waals surface area contributed by atoms with Crippen LogP contribution >= 0.6 is 0 Å². The van der Waals surface area contributed by atoms with Crippen molar-refractivity contribution in [3.8, 4) is 17.2 Å². The number of nitrogen functional groups attached to an aromatic ring is 1. The van der Waals surface area contributed by atoms with Crippen LogP contribution in [0.5, 0.6) is 0 Å². The number of anilines is 1. The quantitative estimate of drug-likeness (QED) is 0.662. The molecule has 1 aromatic heterocycles. The zero-order chi connectivity index (χ0) is 17.4. The van der Waals surface area contributed by atoms with Gasteiger partial charge in [-0.05, 0) is 42.7 Å². The number of rotatable bonds is 2. The molecule has 1 heterocycles. The normalized spacial score (nSPS) is 16.6. The van der Waals surface area contributed by atoms with E-state index in [4.69, 9.17) is 11.0 Å². The second kappa shape index (κ2) is 5.99. The molecule has 0 saturated carbocycles. The molecule has 0 amide bonds. The van der Waals surface area contributed by atoms with Crippen molar-refractivity contribution in [2.24, 2.45) is 0 Å². The van der Waals surface area contributed by atoms with Gasteiger partial charge in [0, 0.05) is 33.9 Å². The molecule has 2 aromatic carbocycles. The number of hydrogen-bond acceptors (Lipinski definition) is 2. The summed E-state index contributed by atoms with van der Waals surface area (Å²) >= 11 is 0. The summed E-state index contributed by atoms with van der Waals surface area (Å²) in [5.74, 6) is 0. The van der Waals surface area contributed by atoms with Crippen LogP contribution in [0.25, 0.3) is 22.0 Å². The molecule has 25 heavy (non-hydrogen) atoms. The highest BCUT2D eigenvalue weighted by atomic mass is 15.0. The van der Waals surface area contributed by atoms with E-state index in [2.05, 4.69) is 60.2 Å². The molecule has 1 atom stereocenters. The van der Waals surface area contributed by atoms with Crippen molar-refractivity contribution in [3.05, 3.63) is 78.0 Å². The fourth-order valence-electron chi connectivity index (χ4n) is 3.54. The van der Waals surface area contributed by atoms with Crippen LogP contribution in [0.4, 0.5) is 5.69 Å². The maximum Gasteiger partial charge on any atom is 0.0988 e. The van der Waals surface area contributed by atoms with E-state index in [9.17, 15) is 0 Å². The molecule has 3 aromatic rings. The van der Waals surface area contributed by atoms with Gasteiger partial charge in [0.15, 0.2) is 0 Å². The Morgan fingerprint density at radius 2 is 1.96 bits per heavy atom. The summed E-state index contributed by atoms with van der Waals surface area (Å²) in [7, 11) is 0. The SMILES string of the molecule is Cc1c(N)cccc1-c1cn(C2C=CC(C#N)=CC2)c2ccccc12. The zero-order valence-corrected chi connectivity index (χ0v) is 14.1. The van der Waals surface area contributed by atoms with Crippen LogP contribution in [-0.2, 0) is 0 Å². The standard InChI is InChI=1S/C22H19N3/c1-15-18(6-4-7-21(15)24)20-14-25(22-8-3-2-5-19(20)22)17-11-9-16(13-23)10-12-17/h2-11,14,17H,12,24H2,1H3. The Morgan fingerprint density at radius 1 is 1.12 bits per heavy atom. The fourth-order valence-corrected chi connectivity index (χ4v) is 3.54. The highest BCUT2D eigenvalue weighted by molar-refractivity contribution is 5.97. The van der Waals surface area contributed by atoms with E-state index in [-0.39, 0.29) is 6.04 Å². The molecule has 0 radical (unpaired) electrons. The smallest absolute Gasteiger partial charge is 0.0988 e. The van der Waals surface area contributed by atoms with Crippen LogP contribution in [0.1, 0.15) is 18.0 Å². The van der Waals surface area contributed by atoms with E-state index >= 15 is 0 Å². The first-order valence-electron chi connectivity index (χ1n) is 8.42. The lowest BCUT2D eigenvalue weighted by Crippen LogP contribution is -2.06. The third-order valence-corrected chi connectivity index (χ3v) is 4.97. The number of fused-ring (bicyclic) bond motifs is 1. The molecular formula is C22H19N3. The van der Waals surface area contributed by atoms with Crippen molar-refractivity contribution in [2.45, 2.75) is 19.4 Å². The molecule has 1 unspecified atom stereocenters. The number of para-hydroxylation sites is 1. The minimum atomic E-state index is 0.220. The second-order valence-electron chi connectivity index (χ2n) is 6.42. The van der Waals surface area contributed by atoms with E-state index in [1.165, 1.54) is 22.0 Å². The highest BCUT2D eigenvalue weighted by Gasteiger charge is 2.17. The third kappa shape index (κ3) is 2.53. The Hall–Kier alpha value is -3.25. The summed E-state index contributed by atoms with van der Waals surface area (Å²) in [5.41, 5.74) is 12.3. The average molecular weight is 325 g/mol. The van der Waals surface area contributed by atoms with Gasteiger partial charge in [-0.3, -0.25) is 0 Å². The lowest BCUT2D eigenvalue weighted by atomic mass is 9.99. The van der Waals surface area contributed by atoms with Gasteiger partial charge in [-0.15, -0.1) is 0 Å². The van der Waals surface area contributed by atoms with Crippen molar-refractivity contribution >= 4 is 16.6 Å². The van der Waals surface area contributed by atoms with E-state index in [1.54, 1.807) is 0 Å². The molecule has 0 aliphatic heterocycles. The molecule has 1 aliphatic carbocycles. The van der Waals surface area contributed by atoms with Gasteiger partial charge >= 0.3 is 0 Å². The summed E-state index contributed by atoms with van der Waals surface area (Å²) in [6, 6.07) is 17.0. The number of hydrogen-bond donors (Lipinski definition) is 1. The van der Waals surface area contributed by atoms with E-state index in [0.717, 1.165) is 23.2 Å². The summed E-state index contributed by atoms with van der Waals surface area (Å²) in [4.78, 5) is 0. The average Bonchev–Trinajstić information content (AvgIpc) is 3.04. The third-order valence-electron chi connectivity index (χ3n) is 4.97. The summed E-state index contributed by atoms with van der Waals surface area (Å²) in [6.07, 6.45) is 9.07. The highest BCUT2D eigenvalue weighted by Crippen LogP contribution is 2.37. The first-order valence-corrected chi connectivity index (χ1v) is 8.42. The molecule has 0 spiro atoms. The molecule has 3 heteroatoms. The van der Waals surface area contributed by atoms with Gasteiger partial charge in [0.25, 0.3) is 0 Å². The van der Waals surface area contributed by atoms with Gasteiger partial charge in [-0.2, -0.15) is 5.26 Å². The van der Waals surface area contributed by atoms with Crippen molar-refractivity contribution in [2.75, 3.05) is 5.73 Å². The van der Waals surface area contributed by atoms with Gasteiger partial charge in [0.2, 0.25) is 0 Å². The summed E-state index contributed by atoms with van der Waals surface area (Å²) < 4.78 is 2.30. The summed E-state index contributed by atoms with van der Waals surface area (Å²) in [6.45, 7) is 2.07. The lowest BCUT2D eigenvalue weighted by molar-refractivity contribution is 0.628. The lowest BCUT2D eigenvalue weighted by Gasteiger charge is -2.17. The molecule has 0 bridgehead atoms. The van der Waals surface area contributed by atoms with Crippen LogP contribution in [-0.4, -0.2) is 4.57 Å². The number of nitriles is 1. The summed E-state index contributed by atoms with van der Waals surface area (Å²) in [5, 5.41) is 10.3. The van der Waals surface area contributed by atoms with Crippen LogP contribution in [0.3, 0.4) is 0 Å². The maximum absolute atomic E-state index is 9.04. The van der Waals surface area contributed by atoms with Gasteiger partial charge in [0.1, 0.15) is 0 Å². The predicted octanol–water partition coefficient (Wildman–Crippen LogP) is 5.15. The van der Waals surface area contributed by atoms with Gasteiger partial charge in [-0.25, -0.2) is 0 Å². The molecule has 1 aliphatic rings. The number of allylic oxidation sites excluding steroid dienone is 4. The van der Waals surface area contributed by atoms with Crippen LogP contribution in [0.15, 0.2) is 72.5 Å². The Morgan fingerprint density at radius 3 is 2.72 bits per heavy atom. The second-order valence-corrected chi connectivity index (χ2v) is 6.42. The van der Waals surface area contributed by atoms with Gasteiger partial charge in [0.05, 0.1) is 12.1 Å². The monoisotopic (exact) mass is 325 g/mol. The first kappa shape index (κ1) is 15.3. The zero-order valence-electron chi connectivity index (χ0n) is 14.1. The molecule has 122 valence electrons. The van der Waals surface area contributed by atoms with Crippen molar-refractivity contribution < 1.29 is 0 Å². The number of aromatic nitrogens is 1. The Kier molecular flexibility index (Phi) is 3.66. The van der Waals surface area contributed by atoms with E-state index in [0.29, 0.717) is 0 Å². The van der Waals surface area contributed by atoms with Crippen molar-refractivity contribution in [1.82, 2.24) is 4.57 Å². The Labute approximate surface area is 147 Å². The number of nitrogens with two attached hydrogens (primary N) is 1. The molecule has 3 nitrogen and oxygen atoms in total. The topological polar surface area (TPSA) is 54.7 Å². The molecule has 4 rings (SSSR count). The molecule has 2 N–H and O–H groups in total. The van der Waals surface area contributed by atoms with Crippen molar-refractivity contribution in [3.63, 3.8) is 0 Å². The minimum absolute atomic E-state index is 0.220. The molecule has 0 fully saturated rings. The van der Waals surface area contributed by atoms with Crippen molar-refractivity contribution in [1.29, 1.82) is 5.26 Å². The van der Waals surface area contributed by atoms with Gasteiger partial charge < -0.3 is 10.3 Å². The van der Waals surface area contributed by atoms with E-state index in [1.807, 2.05) is 24.3 Å². The predicted molar refractivity (Wildman–Crippen MR) is 103 cm³/mol. The largest absolute Gasteiger partial charge is 0.398 e. The van der Waals surface area contributed by atoms with Crippen LogP contribution in [0, 0.1) is 18.3 Å². The fraction of sp³-hybridized carbons (Fsp3) is 0.136. The minimum Gasteiger partial charge on any atom is -0.398 e. The maximum atomic E-state index is 9.04. The van der Waals surface area contributed by atoms with Gasteiger partial charge in [-0.1, -0.05) is 42.5 Å². The number of benzene rings is 2. The first-order chi connectivity index (χ1) is 12.2. The Bertz CT molecular complexity index is 1060. The molecule has 0 saturated heterocycles. The van der Waals surface area contributed by atoms with E-state index < -0.39 is 0 Å². The molecular weight excluding hydrogens is 306 g/mol.